The molecule has 0 bridgehead atoms. The van der Waals surface area contributed by atoms with Gasteiger partial charge >= 0.3 is 0 Å². The van der Waals surface area contributed by atoms with Gasteiger partial charge in [-0.3, -0.25) is 4.79 Å². The van der Waals surface area contributed by atoms with Gasteiger partial charge in [0.25, 0.3) is 0 Å². The van der Waals surface area contributed by atoms with E-state index in [1.165, 1.54) is 19.3 Å². The maximum absolute atomic E-state index is 12.8. The van der Waals surface area contributed by atoms with Crippen LogP contribution in [0.3, 0.4) is 0 Å². The Labute approximate surface area is 202 Å². The topological polar surface area (TPSA) is 55.8 Å². The first-order valence-electron chi connectivity index (χ1n) is 12.3. The summed E-state index contributed by atoms with van der Waals surface area (Å²) in [7, 11) is 0. The maximum atomic E-state index is 12.8. The van der Waals surface area contributed by atoms with Crippen molar-refractivity contribution in [3.63, 3.8) is 0 Å². The smallest absolute Gasteiger partial charge is 0.228 e. The zero-order chi connectivity index (χ0) is 23.4. The number of carbonyl (C=O) groups is 1. The lowest BCUT2D eigenvalue weighted by Crippen LogP contribution is -2.46. The molecule has 1 heterocycles. The van der Waals surface area contributed by atoms with Gasteiger partial charge in [-0.2, -0.15) is 0 Å². The van der Waals surface area contributed by atoms with Crippen LogP contribution in [0.25, 0.3) is 0 Å². The Balaban J connectivity index is 1.40. The van der Waals surface area contributed by atoms with Crippen molar-refractivity contribution < 1.29 is 9.90 Å². The summed E-state index contributed by atoms with van der Waals surface area (Å²) in [6.45, 7) is 9.50. The number of aromatic hydroxyl groups is 1. The van der Waals surface area contributed by atoms with Crippen LogP contribution in [-0.4, -0.2) is 48.6 Å². The number of phenolic OH excluding ortho intramolecular Hbond substituents is 1. The number of amides is 1. The van der Waals surface area contributed by atoms with E-state index in [-0.39, 0.29) is 17.7 Å². The number of hydrogen-bond donors (Lipinski definition) is 2. The Kier molecular flexibility index (Phi) is 7.50. The van der Waals surface area contributed by atoms with Gasteiger partial charge in [0, 0.05) is 37.4 Å². The second-order valence-corrected chi connectivity index (χ2v) is 10.2. The molecule has 0 unspecified atom stereocenters. The van der Waals surface area contributed by atoms with Crippen LogP contribution >= 0.6 is 11.6 Å². The third-order valence-corrected chi connectivity index (χ3v) is 7.73. The van der Waals surface area contributed by atoms with Crippen molar-refractivity contribution in [3.05, 3.63) is 52.5 Å². The zero-order valence-electron chi connectivity index (χ0n) is 19.9. The van der Waals surface area contributed by atoms with Crippen LogP contribution in [0.1, 0.15) is 57.1 Å². The molecule has 178 valence electrons. The van der Waals surface area contributed by atoms with Gasteiger partial charge in [-0.25, -0.2) is 0 Å². The molecule has 0 spiro atoms. The molecule has 0 atom stereocenters. The number of nitrogens with zero attached hydrogens (tertiary/aromatic N) is 2. The molecule has 6 heteroatoms. The Bertz CT molecular complexity index is 979. The molecule has 33 heavy (non-hydrogen) atoms. The Hall–Kier alpha value is -2.24. The highest BCUT2D eigenvalue weighted by Crippen LogP contribution is 2.43. The monoisotopic (exact) mass is 469 g/mol. The number of halogens is 1. The third-order valence-electron chi connectivity index (χ3n) is 7.42. The lowest BCUT2D eigenvalue weighted by Gasteiger charge is -2.36. The minimum absolute atomic E-state index is 0.0131. The van der Waals surface area contributed by atoms with Crippen LogP contribution in [0.5, 0.6) is 5.75 Å². The first kappa shape index (κ1) is 23.9. The predicted molar refractivity (Wildman–Crippen MR) is 137 cm³/mol. The van der Waals surface area contributed by atoms with Gasteiger partial charge in [0.1, 0.15) is 5.75 Å². The van der Waals surface area contributed by atoms with Gasteiger partial charge in [0.15, 0.2) is 0 Å². The highest BCUT2D eigenvalue weighted by Gasteiger charge is 2.31. The second kappa shape index (κ2) is 10.4. The molecule has 2 aliphatic rings. The average molecular weight is 470 g/mol. The van der Waals surface area contributed by atoms with E-state index in [1.54, 1.807) is 6.07 Å². The molecule has 2 aromatic rings. The van der Waals surface area contributed by atoms with Crippen molar-refractivity contribution in [3.8, 4) is 5.75 Å². The summed E-state index contributed by atoms with van der Waals surface area (Å²) in [5.41, 5.74) is 3.61. The van der Waals surface area contributed by atoms with Gasteiger partial charge in [0.2, 0.25) is 5.91 Å². The second-order valence-electron chi connectivity index (χ2n) is 9.79. The predicted octanol–water partition coefficient (Wildman–Crippen LogP) is 5.59. The van der Waals surface area contributed by atoms with Crippen molar-refractivity contribution in [2.45, 2.75) is 57.8 Å². The van der Waals surface area contributed by atoms with Crippen molar-refractivity contribution in [1.82, 2.24) is 4.90 Å². The van der Waals surface area contributed by atoms with Gasteiger partial charge < -0.3 is 20.2 Å². The fraction of sp³-hybridized carbons (Fsp3) is 0.519. The SMILES string of the molecule is CCN1CCN(c2ccc(NC(=O)Cc3ccc(O)c(C4(C)CCCCC4)c3)cc2Cl)CC1. The van der Waals surface area contributed by atoms with Crippen LogP contribution in [0.15, 0.2) is 36.4 Å². The lowest BCUT2D eigenvalue weighted by atomic mass is 9.70. The fourth-order valence-corrected chi connectivity index (χ4v) is 5.61. The van der Waals surface area contributed by atoms with Crippen LogP contribution < -0.4 is 10.2 Å². The van der Waals surface area contributed by atoms with E-state index in [0.717, 1.165) is 62.4 Å². The van der Waals surface area contributed by atoms with Crippen LogP contribution in [0, 0.1) is 0 Å². The van der Waals surface area contributed by atoms with Crippen molar-refractivity contribution in [2.75, 3.05) is 42.9 Å². The molecule has 2 fully saturated rings. The molecule has 5 nitrogen and oxygen atoms in total. The molecule has 0 radical (unpaired) electrons. The van der Waals surface area contributed by atoms with E-state index < -0.39 is 0 Å². The summed E-state index contributed by atoms with van der Waals surface area (Å²) >= 11 is 6.58. The largest absolute Gasteiger partial charge is 0.508 e. The minimum Gasteiger partial charge on any atom is -0.508 e. The molecule has 1 amide bonds. The number of phenols is 1. The molecule has 4 rings (SSSR count). The highest BCUT2D eigenvalue weighted by molar-refractivity contribution is 6.33. The first-order valence-corrected chi connectivity index (χ1v) is 12.6. The first-order chi connectivity index (χ1) is 15.9. The van der Waals surface area contributed by atoms with E-state index in [9.17, 15) is 9.90 Å². The molecule has 0 aromatic heterocycles. The standard InChI is InChI=1S/C27H36ClN3O2/c1-3-30-13-15-31(16-14-30)24-9-8-21(19-23(24)28)29-26(33)18-20-7-10-25(32)22(17-20)27(2)11-5-4-6-12-27/h7-10,17,19,32H,3-6,11-16,18H2,1-2H3,(H,29,33). The van der Waals surface area contributed by atoms with Gasteiger partial charge in [0.05, 0.1) is 17.1 Å². The summed E-state index contributed by atoms with van der Waals surface area (Å²) in [6, 6.07) is 11.4. The normalized spacial score (nSPS) is 18.8. The number of rotatable bonds is 6. The summed E-state index contributed by atoms with van der Waals surface area (Å²) in [5, 5.41) is 14.1. The molecule has 2 N–H and O–H groups in total. The van der Waals surface area contributed by atoms with Crippen molar-refractivity contribution in [1.29, 1.82) is 0 Å². The molecular formula is C27H36ClN3O2. The minimum atomic E-state index is -0.0826. The van der Waals surface area contributed by atoms with Gasteiger partial charge in [-0.15, -0.1) is 0 Å². The number of piperazine rings is 1. The highest BCUT2D eigenvalue weighted by atomic mass is 35.5. The summed E-state index contributed by atoms with van der Waals surface area (Å²) in [6.07, 6.45) is 6.05. The van der Waals surface area contributed by atoms with E-state index in [1.807, 2.05) is 30.3 Å². The van der Waals surface area contributed by atoms with Gasteiger partial charge in [-0.1, -0.05) is 56.8 Å². The average Bonchev–Trinajstić information content (AvgIpc) is 2.81. The molecule has 1 aliphatic heterocycles. The molecule has 1 saturated heterocycles. The Morgan fingerprint density at radius 3 is 2.45 bits per heavy atom. The van der Waals surface area contributed by atoms with E-state index in [2.05, 4.69) is 29.0 Å². The molecular weight excluding hydrogens is 434 g/mol. The Morgan fingerprint density at radius 2 is 1.79 bits per heavy atom. The fourth-order valence-electron chi connectivity index (χ4n) is 5.31. The Morgan fingerprint density at radius 1 is 1.06 bits per heavy atom. The van der Waals surface area contributed by atoms with Gasteiger partial charge in [-0.05, 0) is 54.6 Å². The van der Waals surface area contributed by atoms with E-state index >= 15 is 0 Å². The van der Waals surface area contributed by atoms with E-state index in [0.29, 0.717) is 16.5 Å². The quantitative estimate of drug-likeness (QED) is 0.579. The van der Waals surface area contributed by atoms with Crippen LogP contribution in [-0.2, 0) is 16.6 Å². The number of likely N-dealkylation sites (N-methyl/N-ethyl adjacent to an activating group) is 1. The summed E-state index contributed by atoms with van der Waals surface area (Å²) < 4.78 is 0. The maximum Gasteiger partial charge on any atom is 0.228 e. The molecule has 1 aliphatic carbocycles. The molecule has 2 aromatic carbocycles. The number of hydrogen-bond acceptors (Lipinski definition) is 4. The number of carbonyl (C=O) groups excluding carboxylic acids is 1. The number of nitrogens with one attached hydrogen (secondary N) is 1. The van der Waals surface area contributed by atoms with Crippen LogP contribution in [0.2, 0.25) is 5.02 Å². The lowest BCUT2D eigenvalue weighted by molar-refractivity contribution is -0.115. The summed E-state index contributed by atoms with van der Waals surface area (Å²) in [4.78, 5) is 17.5. The van der Waals surface area contributed by atoms with Crippen LogP contribution in [0.4, 0.5) is 11.4 Å². The van der Waals surface area contributed by atoms with Crippen molar-refractivity contribution in [2.24, 2.45) is 0 Å². The zero-order valence-corrected chi connectivity index (χ0v) is 20.6. The summed E-state index contributed by atoms with van der Waals surface area (Å²) in [5.74, 6) is 0.256. The number of anilines is 2. The number of benzene rings is 2. The third kappa shape index (κ3) is 5.64. The van der Waals surface area contributed by atoms with Crippen molar-refractivity contribution >= 4 is 28.9 Å². The molecule has 1 saturated carbocycles. The van der Waals surface area contributed by atoms with E-state index in [4.69, 9.17) is 11.6 Å².